The Morgan fingerprint density at radius 3 is 2.53 bits per heavy atom. The Morgan fingerprint density at radius 2 is 2.07 bits per heavy atom. The average Bonchev–Trinajstić information content (AvgIpc) is 2.18. The highest BCUT2D eigenvalue weighted by Crippen LogP contribution is 2.21. The number of rotatable bonds is 3. The monoisotopic (exact) mass is 201 g/mol. The molecule has 2 nitrogen and oxygen atoms in total. The van der Waals surface area contributed by atoms with E-state index in [1.807, 2.05) is 32.0 Å². The summed E-state index contributed by atoms with van der Waals surface area (Å²) in [4.78, 5) is 11.0. The number of nitrogens with zero attached hydrogens (tertiary/aromatic N) is 1. The first-order valence-corrected chi connectivity index (χ1v) is 5.00. The first kappa shape index (κ1) is 11.5. The highest BCUT2D eigenvalue weighted by atomic mass is 16.1. The van der Waals surface area contributed by atoms with Crippen molar-refractivity contribution in [3.63, 3.8) is 0 Å². The van der Waals surface area contributed by atoms with Crippen molar-refractivity contribution in [1.82, 2.24) is 0 Å². The first-order valence-electron chi connectivity index (χ1n) is 5.00. The maximum atomic E-state index is 11.0. The van der Waals surface area contributed by atoms with Gasteiger partial charge in [-0.3, -0.25) is 4.79 Å². The van der Waals surface area contributed by atoms with E-state index in [-0.39, 0.29) is 11.7 Å². The topological polar surface area (TPSA) is 40.9 Å². The molecule has 0 spiro atoms. The Kier molecular flexibility index (Phi) is 3.62. The lowest BCUT2D eigenvalue weighted by Gasteiger charge is -2.09. The van der Waals surface area contributed by atoms with E-state index in [4.69, 9.17) is 5.26 Å². The highest BCUT2D eigenvalue weighted by molar-refractivity contribution is 5.77. The second-order valence-electron chi connectivity index (χ2n) is 3.93. The molecule has 78 valence electrons. The second-order valence-corrected chi connectivity index (χ2v) is 3.93. The molecule has 0 aliphatic rings. The molecular formula is C13H15NO. The molecule has 0 saturated heterocycles. The third kappa shape index (κ3) is 2.92. The molecule has 0 saturated carbocycles. The van der Waals surface area contributed by atoms with Crippen molar-refractivity contribution in [3.05, 3.63) is 34.9 Å². The molecule has 15 heavy (non-hydrogen) atoms. The Morgan fingerprint density at radius 1 is 1.40 bits per heavy atom. The van der Waals surface area contributed by atoms with Crippen LogP contribution in [0.2, 0.25) is 0 Å². The molecule has 0 amide bonds. The van der Waals surface area contributed by atoms with Gasteiger partial charge in [0.15, 0.2) is 0 Å². The number of carbonyl (C=O) groups is 1. The largest absolute Gasteiger partial charge is 0.300 e. The zero-order valence-electron chi connectivity index (χ0n) is 9.37. The van der Waals surface area contributed by atoms with Crippen molar-refractivity contribution in [2.45, 2.75) is 33.1 Å². The lowest BCUT2D eigenvalue weighted by atomic mass is 9.93. The van der Waals surface area contributed by atoms with Crippen molar-refractivity contribution in [2.75, 3.05) is 0 Å². The zero-order valence-corrected chi connectivity index (χ0v) is 9.37. The molecule has 0 heterocycles. The number of Topliss-reactive ketones (excluding diaryl/α,β-unsaturated/α-hetero) is 1. The van der Waals surface area contributed by atoms with Crippen molar-refractivity contribution in [2.24, 2.45) is 0 Å². The van der Waals surface area contributed by atoms with Gasteiger partial charge in [0, 0.05) is 6.42 Å². The maximum absolute atomic E-state index is 11.0. The minimum atomic E-state index is -0.304. The van der Waals surface area contributed by atoms with Gasteiger partial charge >= 0.3 is 0 Å². The van der Waals surface area contributed by atoms with Gasteiger partial charge in [0.1, 0.15) is 5.78 Å². The third-order valence-electron chi connectivity index (χ3n) is 2.58. The number of hydrogen-bond donors (Lipinski definition) is 0. The maximum Gasteiger partial charge on any atom is 0.131 e. The smallest absolute Gasteiger partial charge is 0.131 e. The molecule has 0 aliphatic heterocycles. The van der Waals surface area contributed by atoms with Gasteiger partial charge < -0.3 is 0 Å². The normalized spacial score (nSPS) is 11.9. The van der Waals surface area contributed by atoms with Crippen molar-refractivity contribution < 1.29 is 4.79 Å². The van der Waals surface area contributed by atoms with Crippen LogP contribution in [-0.4, -0.2) is 5.78 Å². The summed E-state index contributed by atoms with van der Waals surface area (Å²) in [5, 5.41) is 8.99. The fraction of sp³-hybridized carbons (Fsp3) is 0.385. The van der Waals surface area contributed by atoms with Gasteiger partial charge in [-0.15, -0.1) is 0 Å². The zero-order chi connectivity index (χ0) is 11.4. The van der Waals surface area contributed by atoms with Gasteiger partial charge in [0.25, 0.3) is 0 Å². The highest BCUT2D eigenvalue weighted by Gasteiger charge is 2.13. The average molecular weight is 201 g/mol. The summed E-state index contributed by atoms with van der Waals surface area (Å²) < 4.78 is 0. The standard InChI is InChI=1S/C13H15NO/c1-9-4-5-12(6-10(9)2)13(8-14)7-11(3)15/h4-6,13H,7H2,1-3H3. The van der Waals surface area contributed by atoms with Crippen LogP contribution in [0.1, 0.15) is 36.0 Å². The van der Waals surface area contributed by atoms with E-state index in [0.717, 1.165) is 11.1 Å². The number of benzene rings is 1. The Bertz CT molecular complexity index is 415. The van der Waals surface area contributed by atoms with Crippen LogP contribution in [0.3, 0.4) is 0 Å². The predicted octanol–water partition coefficient (Wildman–Crippen LogP) is 2.89. The van der Waals surface area contributed by atoms with Gasteiger partial charge in [0.05, 0.1) is 12.0 Å². The van der Waals surface area contributed by atoms with Crippen LogP contribution in [0.15, 0.2) is 18.2 Å². The molecule has 0 bridgehead atoms. The fourth-order valence-electron chi connectivity index (χ4n) is 1.51. The molecule has 1 rings (SSSR count). The molecule has 1 aromatic carbocycles. The molecule has 2 heteroatoms. The molecule has 1 unspecified atom stereocenters. The van der Waals surface area contributed by atoms with Crippen LogP contribution < -0.4 is 0 Å². The first-order chi connectivity index (χ1) is 7.04. The Hall–Kier alpha value is -1.62. The Labute approximate surface area is 90.5 Å². The number of carbonyl (C=O) groups excluding carboxylic acids is 1. The number of nitriles is 1. The predicted molar refractivity (Wildman–Crippen MR) is 59.6 cm³/mol. The molecule has 0 aliphatic carbocycles. The fourth-order valence-corrected chi connectivity index (χ4v) is 1.51. The van der Waals surface area contributed by atoms with E-state index in [2.05, 4.69) is 6.07 Å². The van der Waals surface area contributed by atoms with Crippen LogP contribution in [0, 0.1) is 25.2 Å². The molecule has 0 radical (unpaired) electrons. The number of ketones is 1. The second kappa shape index (κ2) is 4.75. The van der Waals surface area contributed by atoms with Gasteiger partial charge in [-0.05, 0) is 37.5 Å². The van der Waals surface area contributed by atoms with Crippen LogP contribution in [-0.2, 0) is 4.79 Å². The van der Waals surface area contributed by atoms with Crippen molar-refractivity contribution >= 4 is 5.78 Å². The summed E-state index contributed by atoms with van der Waals surface area (Å²) in [6, 6.07) is 8.09. The summed E-state index contributed by atoms with van der Waals surface area (Å²) in [5.74, 6) is -0.249. The summed E-state index contributed by atoms with van der Waals surface area (Å²) in [7, 11) is 0. The molecule has 1 aromatic rings. The van der Waals surface area contributed by atoms with Crippen LogP contribution >= 0.6 is 0 Å². The van der Waals surface area contributed by atoms with Gasteiger partial charge in [-0.25, -0.2) is 0 Å². The van der Waals surface area contributed by atoms with E-state index in [0.29, 0.717) is 6.42 Å². The van der Waals surface area contributed by atoms with Crippen molar-refractivity contribution in [1.29, 1.82) is 5.26 Å². The van der Waals surface area contributed by atoms with Crippen LogP contribution in [0.4, 0.5) is 0 Å². The lowest BCUT2D eigenvalue weighted by Crippen LogP contribution is -2.02. The van der Waals surface area contributed by atoms with Crippen molar-refractivity contribution in [3.8, 4) is 6.07 Å². The van der Waals surface area contributed by atoms with Crippen LogP contribution in [0.5, 0.6) is 0 Å². The number of hydrogen-bond acceptors (Lipinski definition) is 2. The van der Waals surface area contributed by atoms with E-state index >= 15 is 0 Å². The van der Waals surface area contributed by atoms with E-state index in [9.17, 15) is 4.79 Å². The molecule has 0 N–H and O–H groups in total. The summed E-state index contributed by atoms with van der Waals surface area (Å²) >= 11 is 0. The quantitative estimate of drug-likeness (QED) is 0.754. The van der Waals surface area contributed by atoms with Gasteiger partial charge in [0.2, 0.25) is 0 Å². The summed E-state index contributed by atoms with van der Waals surface area (Å²) in [6.07, 6.45) is 0.305. The minimum Gasteiger partial charge on any atom is -0.300 e. The lowest BCUT2D eigenvalue weighted by molar-refractivity contribution is -0.117. The minimum absolute atomic E-state index is 0.0554. The molecule has 0 aromatic heterocycles. The SMILES string of the molecule is CC(=O)CC(C#N)c1ccc(C)c(C)c1. The summed E-state index contributed by atoms with van der Waals surface area (Å²) in [5.41, 5.74) is 3.31. The van der Waals surface area contributed by atoms with E-state index < -0.39 is 0 Å². The number of aryl methyl sites for hydroxylation is 2. The molecule has 1 atom stereocenters. The third-order valence-corrected chi connectivity index (χ3v) is 2.58. The van der Waals surface area contributed by atoms with E-state index in [1.54, 1.807) is 0 Å². The van der Waals surface area contributed by atoms with Gasteiger partial charge in [-0.2, -0.15) is 5.26 Å². The molecule has 0 fully saturated rings. The molecular weight excluding hydrogens is 186 g/mol. The van der Waals surface area contributed by atoms with Crippen LogP contribution in [0.25, 0.3) is 0 Å². The summed E-state index contributed by atoms with van der Waals surface area (Å²) in [6.45, 7) is 5.57. The van der Waals surface area contributed by atoms with Gasteiger partial charge in [-0.1, -0.05) is 18.2 Å². The Balaban J connectivity index is 2.98. The van der Waals surface area contributed by atoms with E-state index in [1.165, 1.54) is 12.5 Å².